The van der Waals surface area contributed by atoms with Crippen LogP contribution in [0.1, 0.15) is 11.1 Å². The zero-order valence-corrected chi connectivity index (χ0v) is 21.1. The molecule has 2 N–H and O–H groups in total. The average molecular weight is 519 g/mol. The summed E-state index contributed by atoms with van der Waals surface area (Å²) in [6.45, 7) is 0. The van der Waals surface area contributed by atoms with Crippen molar-refractivity contribution < 1.29 is 14.6 Å². The largest absolute Gasteiger partial charge is 0.504 e. The van der Waals surface area contributed by atoms with Crippen molar-refractivity contribution in [3.63, 3.8) is 0 Å². The van der Waals surface area contributed by atoms with E-state index in [0.717, 1.165) is 26.4 Å². The van der Waals surface area contributed by atoms with Gasteiger partial charge < -0.3 is 14.8 Å². The van der Waals surface area contributed by atoms with Crippen LogP contribution >= 0.6 is 11.8 Å². The topological polar surface area (TPSA) is 90.8 Å². The summed E-state index contributed by atoms with van der Waals surface area (Å²) in [5, 5.41) is 9.94. The lowest BCUT2D eigenvalue weighted by atomic mass is 10.1. The highest BCUT2D eigenvalue weighted by atomic mass is 32.2. The number of nitrogens with zero attached hydrogens (tertiary/aromatic N) is 3. The number of phenolic OH excluding ortho intramolecular Hbond substituents is 1. The zero-order chi connectivity index (χ0) is 26.1. The van der Waals surface area contributed by atoms with Gasteiger partial charge in [0.05, 0.1) is 18.1 Å². The molecule has 0 radical (unpaired) electrons. The Kier molecular flexibility index (Phi) is 6.15. The SMILES string of the molecule is COc1cc(/C=C2/N=C(c3ccccc3)N(c3nc4ccc(Sc5ccccc5)cc4[nH]3)C2=O)ccc1O. The second kappa shape index (κ2) is 9.91. The summed E-state index contributed by atoms with van der Waals surface area (Å²) in [7, 11) is 1.48. The zero-order valence-electron chi connectivity index (χ0n) is 20.3. The Hall–Kier alpha value is -4.82. The van der Waals surface area contributed by atoms with E-state index in [0.29, 0.717) is 23.1 Å². The van der Waals surface area contributed by atoms with E-state index in [-0.39, 0.29) is 17.4 Å². The summed E-state index contributed by atoms with van der Waals surface area (Å²) in [6.07, 6.45) is 1.67. The van der Waals surface area contributed by atoms with Gasteiger partial charge in [0, 0.05) is 15.4 Å². The first kappa shape index (κ1) is 23.6. The highest BCUT2D eigenvalue weighted by Crippen LogP contribution is 2.33. The third kappa shape index (κ3) is 4.53. The molecule has 1 amide bonds. The van der Waals surface area contributed by atoms with Gasteiger partial charge in [-0.3, -0.25) is 4.79 Å². The number of anilines is 1. The number of H-pyrrole nitrogens is 1. The molecule has 0 saturated heterocycles. The Labute approximate surface area is 223 Å². The molecule has 38 heavy (non-hydrogen) atoms. The number of phenols is 1. The summed E-state index contributed by atoms with van der Waals surface area (Å²) in [4.78, 5) is 30.2. The van der Waals surface area contributed by atoms with E-state index in [1.165, 1.54) is 18.1 Å². The molecule has 0 aliphatic carbocycles. The number of amidine groups is 1. The molecule has 1 aliphatic rings. The minimum Gasteiger partial charge on any atom is -0.504 e. The molecule has 0 bridgehead atoms. The van der Waals surface area contributed by atoms with Crippen LogP contribution < -0.4 is 9.64 Å². The van der Waals surface area contributed by atoms with Crippen LogP contribution in [0.25, 0.3) is 17.1 Å². The van der Waals surface area contributed by atoms with Gasteiger partial charge in [0.25, 0.3) is 5.91 Å². The number of aliphatic imine (C=N–C) groups is 1. The van der Waals surface area contributed by atoms with Crippen LogP contribution in [0, 0.1) is 0 Å². The summed E-state index contributed by atoms with van der Waals surface area (Å²) < 4.78 is 5.21. The van der Waals surface area contributed by atoms with E-state index in [1.807, 2.05) is 66.7 Å². The number of nitrogens with one attached hydrogen (secondary N) is 1. The summed E-state index contributed by atoms with van der Waals surface area (Å²) in [5.41, 5.74) is 3.28. The first-order chi connectivity index (χ1) is 18.6. The van der Waals surface area contributed by atoms with Crippen LogP contribution in [-0.4, -0.2) is 33.9 Å². The summed E-state index contributed by atoms with van der Waals surface area (Å²) in [6, 6.07) is 30.6. The molecule has 186 valence electrons. The van der Waals surface area contributed by atoms with Gasteiger partial charge in [-0.05, 0) is 54.1 Å². The third-order valence-electron chi connectivity index (χ3n) is 6.03. The quantitative estimate of drug-likeness (QED) is 0.259. The molecular weight excluding hydrogens is 496 g/mol. The van der Waals surface area contributed by atoms with E-state index in [1.54, 1.807) is 30.0 Å². The molecule has 2 heterocycles. The van der Waals surface area contributed by atoms with Gasteiger partial charge in [0.1, 0.15) is 5.70 Å². The van der Waals surface area contributed by atoms with Crippen molar-refractivity contribution in [1.29, 1.82) is 0 Å². The number of aromatic hydroxyl groups is 1. The normalized spacial score (nSPS) is 14.3. The maximum absolute atomic E-state index is 13.7. The fraction of sp³-hybridized carbons (Fsp3) is 0.0333. The highest BCUT2D eigenvalue weighted by Gasteiger charge is 2.34. The Morgan fingerprint density at radius 1 is 0.921 bits per heavy atom. The molecule has 0 spiro atoms. The molecule has 5 aromatic rings. The molecule has 4 aromatic carbocycles. The first-order valence-electron chi connectivity index (χ1n) is 11.9. The monoisotopic (exact) mass is 518 g/mol. The molecule has 6 rings (SSSR count). The number of benzene rings is 4. The lowest BCUT2D eigenvalue weighted by Gasteiger charge is -2.15. The van der Waals surface area contributed by atoms with E-state index in [4.69, 9.17) is 14.7 Å². The molecule has 1 aromatic heterocycles. The number of aromatic amines is 1. The fourth-order valence-corrected chi connectivity index (χ4v) is 5.08. The van der Waals surface area contributed by atoms with Crippen molar-refractivity contribution in [3.8, 4) is 11.5 Å². The minimum atomic E-state index is -0.311. The Morgan fingerprint density at radius 3 is 2.45 bits per heavy atom. The average Bonchev–Trinajstić information content (AvgIpc) is 3.51. The molecule has 0 unspecified atom stereocenters. The number of fused-ring (bicyclic) bond motifs is 1. The van der Waals surface area contributed by atoms with E-state index < -0.39 is 0 Å². The Balaban J connectivity index is 1.39. The van der Waals surface area contributed by atoms with Crippen molar-refractivity contribution in [2.75, 3.05) is 12.0 Å². The van der Waals surface area contributed by atoms with E-state index in [2.05, 4.69) is 17.1 Å². The van der Waals surface area contributed by atoms with E-state index in [9.17, 15) is 9.90 Å². The van der Waals surface area contributed by atoms with Gasteiger partial charge in [-0.1, -0.05) is 66.4 Å². The highest BCUT2D eigenvalue weighted by molar-refractivity contribution is 7.99. The number of imidazole rings is 1. The van der Waals surface area contributed by atoms with E-state index >= 15 is 0 Å². The predicted molar refractivity (Wildman–Crippen MR) is 150 cm³/mol. The van der Waals surface area contributed by atoms with Crippen LogP contribution in [0.4, 0.5) is 5.95 Å². The van der Waals surface area contributed by atoms with Crippen LogP contribution in [0.5, 0.6) is 11.5 Å². The van der Waals surface area contributed by atoms with Crippen molar-refractivity contribution in [1.82, 2.24) is 9.97 Å². The van der Waals surface area contributed by atoms with Gasteiger partial charge in [-0.15, -0.1) is 0 Å². The number of aromatic nitrogens is 2. The number of carbonyl (C=O) groups excluding carboxylic acids is 1. The number of rotatable bonds is 6. The van der Waals surface area contributed by atoms with Gasteiger partial charge in [0.2, 0.25) is 5.95 Å². The smallest absolute Gasteiger partial charge is 0.285 e. The summed E-state index contributed by atoms with van der Waals surface area (Å²) in [5.74, 6) is 0.894. The van der Waals surface area contributed by atoms with Crippen molar-refractivity contribution in [3.05, 3.63) is 114 Å². The van der Waals surface area contributed by atoms with Gasteiger partial charge in [-0.25, -0.2) is 14.9 Å². The number of ether oxygens (including phenoxy) is 1. The number of carbonyl (C=O) groups is 1. The van der Waals surface area contributed by atoms with Crippen LogP contribution in [-0.2, 0) is 4.79 Å². The fourth-order valence-electron chi connectivity index (χ4n) is 4.21. The molecule has 1 aliphatic heterocycles. The standard InChI is InChI=1S/C30H22N4O3S/c1-37-27-17-19(12-15-26(27)35)16-25-29(36)34(28(31-25)20-8-4-2-5-9-20)30-32-23-14-13-22(18-24(23)33-30)38-21-10-6-3-7-11-21/h2-18,35H,1H3,(H,32,33)/b25-16+. The van der Waals surface area contributed by atoms with Gasteiger partial charge >= 0.3 is 0 Å². The first-order valence-corrected chi connectivity index (χ1v) is 12.7. The maximum Gasteiger partial charge on any atom is 0.285 e. The number of hydrogen-bond acceptors (Lipinski definition) is 6. The maximum atomic E-state index is 13.7. The van der Waals surface area contributed by atoms with Gasteiger partial charge in [-0.2, -0.15) is 0 Å². The molecule has 8 heteroatoms. The van der Waals surface area contributed by atoms with Crippen LogP contribution in [0.2, 0.25) is 0 Å². The lowest BCUT2D eigenvalue weighted by Crippen LogP contribution is -2.33. The molecule has 0 saturated carbocycles. The van der Waals surface area contributed by atoms with Crippen molar-refractivity contribution >= 4 is 46.6 Å². The second-order valence-corrected chi connectivity index (χ2v) is 9.70. The van der Waals surface area contributed by atoms with Crippen LogP contribution in [0.3, 0.4) is 0 Å². The molecule has 0 atom stereocenters. The lowest BCUT2D eigenvalue weighted by molar-refractivity contribution is -0.113. The van der Waals surface area contributed by atoms with Gasteiger partial charge in [0.15, 0.2) is 17.3 Å². The number of amides is 1. The number of methoxy groups -OCH3 is 1. The second-order valence-electron chi connectivity index (χ2n) is 8.56. The Bertz CT molecular complexity index is 1710. The van der Waals surface area contributed by atoms with Crippen molar-refractivity contribution in [2.45, 2.75) is 9.79 Å². The third-order valence-corrected chi connectivity index (χ3v) is 7.03. The number of hydrogen-bond donors (Lipinski definition) is 2. The summed E-state index contributed by atoms with van der Waals surface area (Å²) >= 11 is 1.66. The predicted octanol–water partition coefficient (Wildman–Crippen LogP) is 6.26. The van der Waals surface area contributed by atoms with Crippen molar-refractivity contribution in [2.24, 2.45) is 4.99 Å². The minimum absolute atomic E-state index is 0.0228. The molecule has 7 nitrogen and oxygen atoms in total. The Morgan fingerprint density at radius 2 is 1.68 bits per heavy atom. The molecular formula is C30H22N4O3S. The molecule has 0 fully saturated rings. The van der Waals surface area contributed by atoms with Crippen LogP contribution in [0.15, 0.2) is 118 Å².